The lowest BCUT2D eigenvalue weighted by molar-refractivity contribution is 0.403. The predicted molar refractivity (Wildman–Crippen MR) is 64.8 cm³/mol. The standard InChI is InChI=1S/C12H17NOS/c1-14-11-5-6-12(15-2)10-7-8(13)3-4-9(10)11/h5-6,8H,3-4,7,13H2,1-2H3. The van der Waals surface area contributed by atoms with E-state index in [0.29, 0.717) is 6.04 Å². The van der Waals surface area contributed by atoms with Crippen LogP contribution in [0.15, 0.2) is 17.0 Å². The van der Waals surface area contributed by atoms with E-state index in [9.17, 15) is 0 Å². The van der Waals surface area contributed by atoms with Crippen molar-refractivity contribution < 1.29 is 4.74 Å². The van der Waals surface area contributed by atoms with Crippen LogP contribution in [0.25, 0.3) is 0 Å². The summed E-state index contributed by atoms with van der Waals surface area (Å²) in [5, 5.41) is 0. The summed E-state index contributed by atoms with van der Waals surface area (Å²) in [6.45, 7) is 0. The Balaban J connectivity index is 2.48. The molecule has 2 rings (SSSR count). The minimum absolute atomic E-state index is 0.315. The van der Waals surface area contributed by atoms with Gasteiger partial charge in [0.2, 0.25) is 0 Å². The number of rotatable bonds is 2. The molecule has 0 amide bonds. The molecule has 2 N–H and O–H groups in total. The van der Waals surface area contributed by atoms with Gasteiger partial charge in [0.05, 0.1) is 7.11 Å². The van der Waals surface area contributed by atoms with Crippen molar-refractivity contribution in [1.82, 2.24) is 0 Å². The topological polar surface area (TPSA) is 35.2 Å². The summed E-state index contributed by atoms with van der Waals surface area (Å²) in [6.07, 6.45) is 5.22. The Morgan fingerprint density at radius 1 is 1.40 bits per heavy atom. The quantitative estimate of drug-likeness (QED) is 0.781. The Labute approximate surface area is 95.2 Å². The Bertz CT molecular complexity index is 365. The van der Waals surface area contributed by atoms with Crippen molar-refractivity contribution in [2.45, 2.75) is 30.2 Å². The SMILES string of the molecule is COc1ccc(SC)c2c1CCC(N)C2. The predicted octanol–water partition coefficient (Wildman–Crippen LogP) is 2.23. The van der Waals surface area contributed by atoms with Crippen LogP contribution in [-0.4, -0.2) is 19.4 Å². The number of benzene rings is 1. The highest BCUT2D eigenvalue weighted by atomic mass is 32.2. The van der Waals surface area contributed by atoms with Crippen LogP contribution < -0.4 is 10.5 Å². The maximum atomic E-state index is 6.01. The first-order chi connectivity index (χ1) is 7.26. The highest BCUT2D eigenvalue weighted by Crippen LogP contribution is 2.35. The molecule has 0 saturated heterocycles. The van der Waals surface area contributed by atoms with Gasteiger partial charge < -0.3 is 10.5 Å². The van der Waals surface area contributed by atoms with E-state index in [-0.39, 0.29) is 0 Å². The number of nitrogens with two attached hydrogens (primary N) is 1. The van der Waals surface area contributed by atoms with Gasteiger partial charge in [-0.25, -0.2) is 0 Å². The molecule has 1 aromatic carbocycles. The number of hydrogen-bond donors (Lipinski definition) is 1. The van der Waals surface area contributed by atoms with Gasteiger partial charge in [0.25, 0.3) is 0 Å². The van der Waals surface area contributed by atoms with Crippen molar-refractivity contribution in [3.63, 3.8) is 0 Å². The van der Waals surface area contributed by atoms with Gasteiger partial charge in [-0.05, 0) is 48.8 Å². The second-order valence-electron chi connectivity index (χ2n) is 3.93. The molecule has 0 aliphatic heterocycles. The van der Waals surface area contributed by atoms with E-state index in [1.165, 1.54) is 16.0 Å². The first-order valence-electron chi connectivity index (χ1n) is 5.24. The number of ether oxygens (including phenoxy) is 1. The lowest BCUT2D eigenvalue weighted by Crippen LogP contribution is -2.28. The minimum Gasteiger partial charge on any atom is -0.496 e. The Kier molecular flexibility index (Phi) is 3.22. The number of hydrogen-bond acceptors (Lipinski definition) is 3. The van der Waals surface area contributed by atoms with Gasteiger partial charge in [-0.15, -0.1) is 11.8 Å². The zero-order valence-electron chi connectivity index (χ0n) is 9.25. The Hall–Kier alpha value is -0.670. The van der Waals surface area contributed by atoms with Crippen molar-refractivity contribution >= 4 is 11.8 Å². The average molecular weight is 223 g/mol. The van der Waals surface area contributed by atoms with Gasteiger partial charge in [0.15, 0.2) is 0 Å². The molecule has 1 atom stereocenters. The minimum atomic E-state index is 0.315. The van der Waals surface area contributed by atoms with Gasteiger partial charge in [-0.1, -0.05) is 0 Å². The Morgan fingerprint density at radius 2 is 2.20 bits per heavy atom. The van der Waals surface area contributed by atoms with Crippen LogP contribution in [0.2, 0.25) is 0 Å². The first kappa shape index (κ1) is 10.8. The van der Waals surface area contributed by atoms with E-state index < -0.39 is 0 Å². The summed E-state index contributed by atoms with van der Waals surface area (Å²) in [5.74, 6) is 1.02. The van der Waals surface area contributed by atoms with Crippen LogP contribution in [0.5, 0.6) is 5.75 Å². The normalized spacial score (nSPS) is 19.8. The van der Waals surface area contributed by atoms with E-state index in [1.54, 1.807) is 18.9 Å². The summed E-state index contributed by atoms with van der Waals surface area (Å²) in [5.41, 5.74) is 8.78. The van der Waals surface area contributed by atoms with Crippen LogP contribution in [0, 0.1) is 0 Å². The fraction of sp³-hybridized carbons (Fsp3) is 0.500. The third-order valence-electron chi connectivity index (χ3n) is 3.02. The molecule has 15 heavy (non-hydrogen) atoms. The molecular weight excluding hydrogens is 206 g/mol. The van der Waals surface area contributed by atoms with E-state index >= 15 is 0 Å². The third-order valence-corrected chi connectivity index (χ3v) is 3.84. The van der Waals surface area contributed by atoms with Crippen LogP contribution >= 0.6 is 11.8 Å². The van der Waals surface area contributed by atoms with Crippen molar-refractivity contribution in [1.29, 1.82) is 0 Å². The summed E-state index contributed by atoms with van der Waals surface area (Å²) in [7, 11) is 1.74. The van der Waals surface area contributed by atoms with Crippen LogP contribution in [0.3, 0.4) is 0 Å². The van der Waals surface area contributed by atoms with E-state index in [2.05, 4.69) is 18.4 Å². The summed E-state index contributed by atoms with van der Waals surface area (Å²) in [6, 6.07) is 4.53. The summed E-state index contributed by atoms with van der Waals surface area (Å²) < 4.78 is 5.40. The largest absolute Gasteiger partial charge is 0.496 e. The van der Waals surface area contributed by atoms with E-state index in [4.69, 9.17) is 10.5 Å². The molecule has 1 unspecified atom stereocenters. The van der Waals surface area contributed by atoms with Crippen LogP contribution in [-0.2, 0) is 12.8 Å². The summed E-state index contributed by atoms with van der Waals surface area (Å²) in [4.78, 5) is 1.35. The molecule has 3 heteroatoms. The maximum absolute atomic E-state index is 6.01. The number of methoxy groups -OCH3 is 1. The number of fused-ring (bicyclic) bond motifs is 1. The molecule has 0 heterocycles. The van der Waals surface area contributed by atoms with Crippen LogP contribution in [0.1, 0.15) is 17.5 Å². The molecule has 0 fully saturated rings. The molecule has 2 nitrogen and oxygen atoms in total. The van der Waals surface area contributed by atoms with Crippen molar-refractivity contribution in [2.75, 3.05) is 13.4 Å². The molecule has 0 spiro atoms. The molecule has 0 radical (unpaired) electrons. The van der Waals surface area contributed by atoms with Crippen LogP contribution in [0.4, 0.5) is 0 Å². The fourth-order valence-electron chi connectivity index (χ4n) is 2.22. The monoisotopic (exact) mass is 223 g/mol. The zero-order valence-corrected chi connectivity index (χ0v) is 10.1. The smallest absolute Gasteiger partial charge is 0.122 e. The van der Waals surface area contributed by atoms with Gasteiger partial charge >= 0.3 is 0 Å². The second-order valence-corrected chi connectivity index (χ2v) is 4.78. The molecular formula is C12H17NOS. The van der Waals surface area contributed by atoms with Gasteiger partial charge in [0.1, 0.15) is 5.75 Å². The molecule has 0 bridgehead atoms. The second kappa shape index (κ2) is 4.45. The molecule has 1 aliphatic rings. The molecule has 0 aromatic heterocycles. The Morgan fingerprint density at radius 3 is 2.87 bits per heavy atom. The molecule has 82 valence electrons. The van der Waals surface area contributed by atoms with E-state index in [1.807, 2.05) is 0 Å². The van der Waals surface area contributed by atoms with E-state index in [0.717, 1.165) is 25.0 Å². The van der Waals surface area contributed by atoms with Gasteiger partial charge in [-0.3, -0.25) is 0 Å². The molecule has 1 aromatic rings. The van der Waals surface area contributed by atoms with Gasteiger partial charge in [-0.2, -0.15) is 0 Å². The van der Waals surface area contributed by atoms with Crippen molar-refractivity contribution in [3.05, 3.63) is 23.3 Å². The lowest BCUT2D eigenvalue weighted by atomic mass is 9.88. The molecule has 0 saturated carbocycles. The highest BCUT2D eigenvalue weighted by molar-refractivity contribution is 7.98. The fourth-order valence-corrected chi connectivity index (χ4v) is 2.88. The third kappa shape index (κ3) is 1.99. The van der Waals surface area contributed by atoms with Gasteiger partial charge in [0, 0.05) is 10.9 Å². The van der Waals surface area contributed by atoms with Crippen molar-refractivity contribution in [3.8, 4) is 5.75 Å². The maximum Gasteiger partial charge on any atom is 0.122 e. The lowest BCUT2D eigenvalue weighted by Gasteiger charge is -2.25. The zero-order chi connectivity index (χ0) is 10.8. The highest BCUT2D eigenvalue weighted by Gasteiger charge is 2.21. The number of thioether (sulfide) groups is 1. The molecule has 1 aliphatic carbocycles. The summed E-state index contributed by atoms with van der Waals surface area (Å²) >= 11 is 1.79. The van der Waals surface area contributed by atoms with Crippen molar-refractivity contribution in [2.24, 2.45) is 5.73 Å². The first-order valence-corrected chi connectivity index (χ1v) is 6.47. The average Bonchev–Trinajstić information content (AvgIpc) is 2.27.